The highest BCUT2D eigenvalue weighted by molar-refractivity contribution is 7.92. The first-order valence-electron chi connectivity index (χ1n) is 10.7. The highest BCUT2D eigenvalue weighted by atomic mass is 35.5. The molecule has 0 amide bonds. The fraction of sp³-hybridized carbons (Fsp3) is 0.455. The van der Waals surface area contributed by atoms with Crippen LogP contribution < -0.4 is 10.5 Å². The average molecular weight is 536 g/mol. The zero-order chi connectivity index (χ0) is 24.7. The number of nitrogens with two attached hydrogens (primary N) is 1. The van der Waals surface area contributed by atoms with Crippen molar-refractivity contribution in [2.75, 3.05) is 31.3 Å². The zero-order valence-electron chi connectivity index (χ0n) is 18.0. The average Bonchev–Trinajstić information content (AvgIpc) is 2.79. The molecule has 2 aliphatic rings. The fourth-order valence-corrected chi connectivity index (χ4v) is 8.54. The lowest BCUT2D eigenvalue weighted by Gasteiger charge is -2.50. The SMILES string of the molecule is NCCS(=O)(=O)CC[C@@H]1OCC[C@@]2(S(=O)(=O)c3ccc(Cl)cc3)c3c(F)ccc(F)c3OC[C@@H]12. The maximum Gasteiger partial charge on any atom is 0.189 e. The second kappa shape index (κ2) is 9.34. The minimum atomic E-state index is -4.34. The molecule has 34 heavy (non-hydrogen) atoms. The van der Waals surface area contributed by atoms with Crippen LogP contribution in [0.2, 0.25) is 5.02 Å². The molecular formula is C22H24ClF2NO6S2. The van der Waals surface area contributed by atoms with Gasteiger partial charge in [-0.15, -0.1) is 0 Å². The third-order valence-electron chi connectivity index (χ3n) is 6.49. The van der Waals surface area contributed by atoms with Crippen LogP contribution >= 0.6 is 11.6 Å². The van der Waals surface area contributed by atoms with Crippen LogP contribution in [0.5, 0.6) is 5.75 Å². The van der Waals surface area contributed by atoms with Gasteiger partial charge >= 0.3 is 0 Å². The Bertz CT molecular complexity index is 1290. The van der Waals surface area contributed by atoms with Gasteiger partial charge < -0.3 is 15.2 Å². The lowest BCUT2D eigenvalue weighted by atomic mass is 9.75. The van der Waals surface area contributed by atoms with Gasteiger partial charge in [-0.1, -0.05) is 11.6 Å². The van der Waals surface area contributed by atoms with E-state index in [0.717, 1.165) is 12.1 Å². The predicted octanol–water partition coefficient (Wildman–Crippen LogP) is 2.85. The Morgan fingerprint density at radius 1 is 1.03 bits per heavy atom. The summed E-state index contributed by atoms with van der Waals surface area (Å²) < 4.78 is 92.2. The summed E-state index contributed by atoms with van der Waals surface area (Å²) in [6, 6.07) is 7.18. The smallest absolute Gasteiger partial charge is 0.189 e. The number of hydrogen-bond donors (Lipinski definition) is 1. The van der Waals surface area contributed by atoms with Crippen molar-refractivity contribution in [3.8, 4) is 5.75 Å². The first-order chi connectivity index (χ1) is 16.0. The summed E-state index contributed by atoms with van der Waals surface area (Å²) in [5, 5.41) is 0.313. The lowest BCUT2D eigenvalue weighted by molar-refractivity contribution is -0.0732. The van der Waals surface area contributed by atoms with E-state index in [-0.39, 0.29) is 49.0 Å². The number of hydrogen-bond acceptors (Lipinski definition) is 7. The van der Waals surface area contributed by atoms with Gasteiger partial charge in [-0.25, -0.2) is 25.6 Å². The van der Waals surface area contributed by atoms with Crippen molar-refractivity contribution in [1.29, 1.82) is 0 Å². The van der Waals surface area contributed by atoms with Crippen LogP contribution in [0.1, 0.15) is 18.4 Å². The van der Waals surface area contributed by atoms with Gasteiger partial charge in [0.15, 0.2) is 31.2 Å². The van der Waals surface area contributed by atoms with Crippen LogP contribution in [0.15, 0.2) is 41.3 Å². The molecule has 0 aliphatic carbocycles. The normalized spacial score (nSPS) is 24.7. The molecule has 12 heteroatoms. The molecule has 186 valence electrons. The quantitative estimate of drug-likeness (QED) is 0.580. The molecule has 7 nitrogen and oxygen atoms in total. The van der Waals surface area contributed by atoms with Crippen molar-refractivity contribution in [2.45, 2.75) is 28.6 Å². The van der Waals surface area contributed by atoms with Crippen molar-refractivity contribution >= 4 is 31.3 Å². The molecule has 3 atom stereocenters. The Balaban J connectivity index is 1.88. The van der Waals surface area contributed by atoms with Crippen molar-refractivity contribution in [3.05, 3.63) is 58.6 Å². The zero-order valence-corrected chi connectivity index (χ0v) is 20.4. The van der Waals surface area contributed by atoms with Crippen LogP contribution in [0, 0.1) is 17.6 Å². The van der Waals surface area contributed by atoms with Crippen molar-refractivity contribution in [2.24, 2.45) is 11.7 Å². The molecule has 2 heterocycles. The Hall–Kier alpha value is -1.79. The van der Waals surface area contributed by atoms with Gasteiger partial charge in [0, 0.05) is 24.1 Å². The van der Waals surface area contributed by atoms with Crippen LogP contribution in [-0.4, -0.2) is 54.2 Å². The summed E-state index contributed by atoms with van der Waals surface area (Å²) >= 11 is 5.93. The molecule has 2 aliphatic heterocycles. The molecular weight excluding hydrogens is 512 g/mol. The second-order valence-corrected chi connectivity index (χ2v) is 13.3. The number of rotatable bonds is 7. The Morgan fingerprint density at radius 3 is 2.38 bits per heavy atom. The first-order valence-corrected chi connectivity index (χ1v) is 14.4. The summed E-state index contributed by atoms with van der Waals surface area (Å²) in [5.74, 6) is -3.76. The van der Waals surface area contributed by atoms with E-state index in [9.17, 15) is 21.2 Å². The molecule has 1 fully saturated rings. The van der Waals surface area contributed by atoms with E-state index in [4.69, 9.17) is 26.8 Å². The van der Waals surface area contributed by atoms with E-state index in [1.165, 1.54) is 24.3 Å². The highest BCUT2D eigenvalue weighted by Crippen LogP contribution is 2.55. The first kappa shape index (κ1) is 25.3. The fourth-order valence-electron chi connectivity index (χ4n) is 4.91. The largest absolute Gasteiger partial charge is 0.490 e. The maximum atomic E-state index is 15.3. The van der Waals surface area contributed by atoms with Gasteiger partial charge in [0.05, 0.1) is 34.7 Å². The summed E-state index contributed by atoms with van der Waals surface area (Å²) in [4.78, 5) is -0.116. The van der Waals surface area contributed by atoms with Gasteiger partial charge in [-0.3, -0.25) is 0 Å². The Kier molecular flexibility index (Phi) is 6.96. The van der Waals surface area contributed by atoms with Crippen LogP contribution in [0.4, 0.5) is 8.78 Å². The Morgan fingerprint density at radius 2 is 1.71 bits per heavy atom. The minimum Gasteiger partial charge on any atom is -0.490 e. The number of fused-ring (bicyclic) bond motifs is 3. The van der Waals surface area contributed by atoms with Gasteiger partial charge in [-0.05, 0) is 49.2 Å². The number of sulfone groups is 2. The molecule has 1 saturated heterocycles. The predicted molar refractivity (Wildman–Crippen MR) is 122 cm³/mol. The summed E-state index contributed by atoms with van der Waals surface area (Å²) in [7, 11) is -7.85. The summed E-state index contributed by atoms with van der Waals surface area (Å²) in [5.41, 5.74) is 4.98. The van der Waals surface area contributed by atoms with Crippen molar-refractivity contribution in [3.63, 3.8) is 0 Å². The number of halogens is 3. The second-order valence-electron chi connectivity index (χ2n) is 8.39. The topological polar surface area (TPSA) is 113 Å². The van der Waals surface area contributed by atoms with Gasteiger partial charge in [0.2, 0.25) is 0 Å². The van der Waals surface area contributed by atoms with Crippen LogP contribution in [0.3, 0.4) is 0 Å². The van der Waals surface area contributed by atoms with E-state index < -0.39 is 59.4 Å². The highest BCUT2D eigenvalue weighted by Gasteiger charge is 2.61. The third-order valence-corrected chi connectivity index (χ3v) is 11.0. The van der Waals surface area contributed by atoms with E-state index >= 15 is 4.39 Å². The van der Waals surface area contributed by atoms with E-state index in [1.54, 1.807) is 0 Å². The van der Waals surface area contributed by atoms with Crippen LogP contribution in [-0.2, 0) is 29.2 Å². The van der Waals surface area contributed by atoms with Gasteiger partial charge in [0.25, 0.3) is 0 Å². The molecule has 2 aromatic carbocycles. The van der Waals surface area contributed by atoms with E-state index in [0.29, 0.717) is 5.02 Å². The molecule has 0 aromatic heterocycles. The molecule has 0 saturated carbocycles. The van der Waals surface area contributed by atoms with Gasteiger partial charge in [0.1, 0.15) is 10.6 Å². The molecule has 2 aromatic rings. The number of ether oxygens (including phenoxy) is 2. The summed E-state index contributed by atoms with van der Waals surface area (Å²) in [6.07, 6.45) is -1.09. The molecule has 2 N–H and O–H groups in total. The molecule has 0 spiro atoms. The maximum absolute atomic E-state index is 15.3. The van der Waals surface area contributed by atoms with Crippen LogP contribution in [0.25, 0.3) is 0 Å². The minimum absolute atomic E-state index is 0.0412. The van der Waals surface area contributed by atoms with Crippen molar-refractivity contribution in [1.82, 2.24) is 0 Å². The lowest BCUT2D eigenvalue weighted by Crippen LogP contribution is -2.57. The number of benzene rings is 2. The van der Waals surface area contributed by atoms with Gasteiger partial charge in [-0.2, -0.15) is 0 Å². The molecule has 0 radical (unpaired) electrons. The third kappa shape index (κ3) is 4.21. The van der Waals surface area contributed by atoms with Crippen molar-refractivity contribution < 1.29 is 35.1 Å². The monoisotopic (exact) mass is 535 g/mol. The van der Waals surface area contributed by atoms with E-state index in [1.807, 2.05) is 0 Å². The molecule has 0 unspecified atom stereocenters. The summed E-state index contributed by atoms with van der Waals surface area (Å²) in [6.45, 7) is -0.435. The molecule has 4 rings (SSSR count). The molecule has 0 bridgehead atoms. The van der Waals surface area contributed by atoms with E-state index in [2.05, 4.69) is 0 Å². The Labute approximate surface area is 202 Å². The standard InChI is InChI=1S/C22H24ClF2NO6S2/c23-14-1-3-15(4-2-14)34(29,30)22-8-10-31-19(7-11-33(27,28)12-9-26)16(22)13-32-21-18(25)6-5-17(24)20(21)22/h1-6,16,19H,7-13,26H2/t16-,19-,22-/m0/s1.